The van der Waals surface area contributed by atoms with Crippen molar-refractivity contribution in [3.8, 4) is 0 Å². The molecule has 5 nitrogen and oxygen atoms in total. The number of carbonyl (C=O) groups excluding carboxylic acids is 2. The molecule has 0 aliphatic carbocycles. The SMILES string of the molecule is Cc1cc(N2C[C@H](C(=O)NC3CCN(C(C)C)CC3)CC2=O)ccc1Br. The molecule has 0 radical (unpaired) electrons. The molecule has 0 saturated carbocycles. The van der Waals surface area contributed by atoms with Crippen molar-refractivity contribution < 1.29 is 9.59 Å². The quantitative estimate of drug-likeness (QED) is 0.812. The molecular formula is C20H28BrN3O2. The van der Waals surface area contributed by atoms with Crippen molar-refractivity contribution >= 4 is 33.4 Å². The first-order chi connectivity index (χ1) is 12.3. The second-order valence-corrected chi connectivity index (χ2v) is 8.61. The number of amides is 2. The van der Waals surface area contributed by atoms with Crippen LogP contribution in [0.1, 0.15) is 38.7 Å². The number of benzene rings is 1. The second kappa shape index (κ2) is 8.09. The lowest BCUT2D eigenvalue weighted by Crippen LogP contribution is -2.48. The molecule has 6 heteroatoms. The van der Waals surface area contributed by atoms with E-state index in [0.717, 1.165) is 41.7 Å². The normalized spacial score (nSPS) is 22.3. The molecule has 2 saturated heterocycles. The minimum Gasteiger partial charge on any atom is -0.353 e. The first kappa shape index (κ1) is 19.4. The molecule has 0 spiro atoms. The molecule has 2 aliphatic heterocycles. The molecule has 1 N–H and O–H groups in total. The smallest absolute Gasteiger partial charge is 0.227 e. The van der Waals surface area contributed by atoms with Gasteiger partial charge in [0.05, 0.1) is 5.92 Å². The lowest BCUT2D eigenvalue weighted by atomic mass is 10.0. The van der Waals surface area contributed by atoms with Crippen LogP contribution in [-0.4, -0.2) is 48.4 Å². The van der Waals surface area contributed by atoms with E-state index >= 15 is 0 Å². The van der Waals surface area contributed by atoms with Crippen molar-refractivity contribution in [2.45, 2.75) is 52.1 Å². The number of anilines is 1. The standard InChI is InChI=1S/C20H28BrN3O2/c1-13(2)23-8-6-16(7-9-23)22-20(26)15-11-19(25)24(12-15)17-4-5-18(21)14(3)10-17/h4-5,10,13,15-16H,6-9,11-12H2,1-3H3,(H,22,26)/t15-/m1/s1. The largest absolute Gasteiger partial charge is 0.353 e. The van der Waals surface area contributed by atoms with Gasteiger partial charge in [0.25, 0.3) is 0 Å². The monoisotopic (exact) mass is 421 g/mol. The van der Waals surface area contributed by atoms with Gasteiger partial charge in [-0.05, 0) is 57.4 Å². The number of hydrogen-bond donors (Lipinski definition) is 1. The molecule has 1 aromatic rings. The number of nitrogens with zero attached hydrogens (tertiary/aromatic N) is 2. The molecule has 3 rings (SSSR count). The highest BCUT2D eigenvalue weighted by Gasteiger charge is 2.36. The van der Waals surface area contributed by atoms with Crippen LogP contribution < -0.4 is 10.2 Å². The molecular weight excluding hydrogens is 394 g/mol. The van der Waals surface area contributed by atoms with Gasteiger partial charge in [-0.1, -0.05) is 15.9 Å². The van der Waals surface area contributed by atoms with E-state index in [9.17, 15) is 9.59 Å². The minimum atomic E-state index is -0.255. The number of likely N-dealkylation sites (tertiary alicyclic amines) is 1. The van der Waals surface area contributed by atoms with Gasteiger partial charge in [0.15, 0.2) is 0 Å². The van der Waals surface area contributed by atoms with E-state index in [1.807, 2.05) is 25.1 Å². The highest BCUT2D eigenvalue weighted by Crippen LogP contribution is 2.29. The lowest BCUT2D eigenvalue weighted by Gasteiger charge is -2.35. The van der Waals surface area contributed by atoms with Crippen LogP contribution in [-0.2, 0) is 9.59 Å². The first-order valence-corrected chi connectivity index (χ1v) is 10.3. The maximum absolute atomic E-state index is 12.7. The van der Waals surface area contributed by atoms with Crippen LogP contribution in [0.5, 0.6) is 0 Å². The molecule has 2 aliphatic rings. The Balaban J connectivity index is 1.56. The predicted molar refractivity (Wildman–Crippen MR) is 107 cm³/mol. The van der Waals surface area contributed by atoms with Crippen molar-refractivity contribution in [1.82, 2.24) is 10.2 Å². The Morgan fingerprint density at radius 3 is 2.58 bits per heavy atom. The third kappa shape index (κ3) is 4.29. The van der Waals surface area contributed by atoms with Gasteiger partial charge in [-0.3, -0.25) is 9.59 Å². The molecule has 1 aromatic carbocycles. The van der Waals surface area contributed by atoms with Gasteiger partial charge in [-0.2, -0.15) is 0 Å². The summed E-state index contributed by atoms with van der Waals surface area (Å²) in [4.78, 5) is 29.3. The summed E-state index contributed by atoms with van der Waals surface area (Å²) in [7, 11) is 0. The van der Waals surface area contributed by atoms with Crippen molar-refractivity contribution in [2.24, 2.45) is 5.92 Å². The third-order valence-corrected chi connectivity index (χ3v) is 6.45. The van der Waals surface area contributed by atoms with Crippen LogP contribution in [0, 0.1) is 12.8 Å². The molecule has 2 amide bonds. The Morgan fingerprint density at radius 1 is 1.27 bits per heavy atom. The zero-order chi connectivity index (χ0) is 18.8. The molecule has 2 heterocycles. The van der Waals surface area contributed by atoms with Gasteiger partial charge >= 0.3 is 0 Å². The first-order valence-electron chi connectivity index (χ1n) is 9.46. The number of aryl methyl sites for hydroxylation is 1. The Labute approximate surface area is 164 Å². The fourth-order valence-corrected chi connectivity index (χ4v) is 4.06. The maximum atomic E-state index is 12.7. The second-order valence-electron chi connectivity index (χ2n) is 7.75. The number of rotatable bonds is 4. The molecule has 0 bridgehead atoms. The van der Waals surface area contributed by atoms with Gasteiger partial charge in [0.2, 0.25) is 11.8 Å². The molecule has 26 heavy (non-hydrogen) atoms. The van der Waals surface area contributed by atoms with Gasteiger partial charge in [-0.25, -0.2) is 0 Å². The summed E-state index contributed by atoms with van der Waals surface area (Å²) in [6, 6.07) is 6.66. The fraction of sp³-hybridized carbons (Fsp3) is 0.600. The Kier molecular flexibility index (Phi) is 6.03. The molecule has 1 atom stereocenters. The summed E-state index contributed by atoms with van der Waals surface area (Å²) < 4.78 is 1.02. The van der Waals surface area contributed by atoms with Gasteiger partial charge in [-0.15, -0.1) is 0 Å². The van der Waals surface area contributed by atoms with Crippen LogP contribution in [0.15, 0.2) is 22.7 Å². The van der Waals surface area contributed by atoms with E-state index in [1.54, 1.807) is 4.90 Å². The highest BCUT2D eigenvalue weighted by molar-refractivity contribution is 9.10. The average molecular weight is 422 g/mol. The molecule has 2 fully saturated rings. The molecule has 0 unspecified atom stereocenters. The average Bonchev–Trinajstić information content (AvgIpc) is 3.00. The number of piperidine rings is 1. The summed E-state index contributed by atoms with van der Waals surface area (Å²) in [5.41, 5.74) is 1.95. The van der Waals surface area contributed by atoms with Gasteiger partial charge in [0, 0.05) is 48.3 Å². The summed E-state index contributed by atoms with van der Waals surface area (Å²) in [6.07, 6.45) is 2.27. The zero-order valence-corrected chi connectivity index (χ0v) is 17.4. The Bertz CT molecular complexity index is 684. The third-order valence-electron chi connectivity index (χ3n) is 5.56. The summed E-state index contributed by atoms with van der Waals surface area (Å²) in [5.74, 6) is -0.200. The van der Waals surface area contributed by atoms with E-state index in [-0.39, 0.29) is 23.8 Å². The predicted octanol–water partition coefficient (Wildman–Crippen LogP) is 3.10. The molecule has 142 valence electrons. The van der Waals surface area contributed by atoms with Crippen LogP contribution in [0.25, 0.3) is 0 Å². The summed E-state index contributed by atoms with van der Waals surface area (Å²) in [6.45, 7) is 8.94. The van der Waals surface area contributed by atoms with E-state index in [2.05, 4.69) is 40.0 Å². The van der Waals surface area contributed by atoms with Crippen molar-refractivity contribution in [1.29, 1.82) is 0 Å². The van der Waals surface area contributed by atoms with Crippen molar-refractivity contribution in [3.05, 3.63) is 28.2 Å². The van der Waals surface area contributed by atoms with Crippen LogP contribution >= 0.6 is 15.9 Å². The summed E-state index contributed by atoms with van der Waals surface area (Å²) in [5, 5.41) is 3.18. The van der Waals surface area contributed by atoms with Crippen molar-refractivity contribution in [3.63, 3.8) is 0 Å². The van der Waals surface area contributed by atoms with Gasteiger partial charge in [0.1, 0.15) is 0 Å². The van der Waals surface area contributed by atoms with Crippen molar-refractivity contribution in [2.75, 3.05) is 24.5 Å². The van der Waals surface area contributed by atoms with E-state index in [4.69, 9.17) is 0 Å². The number of carbonyl (C=O) groups is 2. The van der Waals surface area contributed by atoms with E-state index in [1.165, 1.54) is 0 Å². The minimum absolute atomic E-state index is 0.0256. The maximum Gasteiger partial charge on any atom is 0.227 e. The highest BCUT2D eigenvalue weighted by atomic mass is 79.9. The van der Waals surface area contributed by atoms with Gasteiger partial charge < -0.3 is 15.1 Å². The number of nitrogens with one attached hydrogen (secondary N) is 1. The zero-order valence-electron chi connectivity index (χ0n) is 15.8. The molecule has 0 aromatic heterocycles. The van der Waals surface area contributed by atoms with E-state index < -0.39 is 0 Å². The van der Waals surface area contributed by atoms with Crippen LogP contribution in [0.4, 0.5) is 5.69 Å². The van der Waals surface area contributed by atoms with Crippen LogP contribution in [0.3, 0.4) is 0 Å². The Hall–Kier alpha value is -1.40. The number of hydrogen-bond acceptors (Lipinski definition) is 3. The Morgan fingerprint density at radius 2 is 1.96 bits per heavy atom. The van der Waals surface area contributed by atoms with Crippen LogP contribution in [0.2, 0.25) is 0 Å². The summed E-state index contributed by atoms with van der Waals surface area (Å²) >= 11 is 3.49. The lowest BCUT2D eigenvalue weighted by molar-refractivity contribution is -0.127. The topological polar surface area (TPSA) is 52.7 Å². The fourth-order valence-electron chi connectivity index (χ4n) is 3.81. The number of halogens is 1. The van der Waals surface area contributed by atoms with E-state index in [0.29, 0.717) is 19.0 Å².